The van der Waals surface area contributed by atoms with E-state index in [1.807, 2.05) is 24.3 Å². The Morgan fingerprint density at radius 1 is 1.47 bits per heavy atom. The van der Waals surface area contributed by atoms with E-state index in [9.17, 15) is 4.79 Å². The second-order valence-corrected chi connectivity index (χ2v) is 5.06. The zero-order valence-corrected chi connectivity index (χ0v) is 12.4. The molecule has 0 aliphatic carbocycles. The Hall–Kier alpha value is -0.620. The SMILES string of the molecule is CCCC(COC)NC(=O)c1ccccc1I. The number of benzene rings is 1. The number of nitrogens with one attached hydrogen (secondary N) is 1. The van der Waals surface area contributed by atoms with Gasteiger partial charge in [-0.15, -0.1) is 0 Å². The van der Waals surface area contributed by atoms with E-state index in [0.717, 1.165) is 22.0 Å². The smallest absolute Gasteiger partial charge is 0.252 e. The number of methoxy groups -OCH3 is 1. The van der Waals surface area contributed by atoms with Gasteiger partial charge >= 0.3 is 0 Å². The summed E-state index contributed by atoms with van der Waals surface area (Å²) in [5.41, 5.74) is 0.727. The van der Waals surface area contributed by atoms with E-state index in [1.165, 1.54) is 0 Å². The molecular formula is C13H18INO2. The van der Waals surface area contributed by atoms with Crippen LogP contribution in [0.2, 0.25) is 0 Å². The van der Waals surface area contributed by atoms with Crippen LogP contribution in [0.1, 0.15) is 30.1 Å². The molecule has 0 aromatic heterocycles. The molecule has 3 nitrogen and oxygen atoms in total. The van der Waals surface area contributed by atoms with Crippen LogP contribution in [0.25, 0.3) is 0 Å². The molecular weight excluding hydrogens is 329 g/mol. The highest BCUT2D eigenvalue weighted by Gasteiger charge is 2.14. The molecule has 0 aliphatic rings. The second-order valence-electron chi connectivity index (χ2n) is 3.89. The number of rotatable bonds is 6. The molecule has 4 heteroatoms. The predicted molar refractivity (Wildman–Crippen MR) is 77.2 cm³/mol. The maximum Gasteiger partial charge on any atom is 0.252 e. The highest BCUT2D eigenvalue weighted by molar-refractivity contribution is 14.1. The molecule has 1 aromatic rings. The van der Waals surface area contributed by atoms with E-state index < -0.39 is 0 Å². The normalized spacial score (nSPS) is 12.2. The molecule has 0 aliphatic heterocycles. The molecule has 1 unspecified atom stereocenters. The molecule has 17 heavy (non-hydrogen) atoms. The number of ether oxygens (including phenoxy) is 1. The fraction of sp³-hybridized carbons (Fsp3) is 0.462. The Morgan fingerprint density at radius 3 is 2.76 bits per heavy atom. The van der Waals surface area contributed by atoms with Gasteiger partial charge in [0, 0.05) is 10.7 Å². The summed E-state index contributed by atoms with van der Waals surface area (Å²) in [6.45, 7) is 2.66. The fourth-order valence-corrected chi connectivity index (χ4v) is 2.29. The van der Waals surface area contributed by atoms with Crippen LogP contribution in [0.5, 0.6) is 0 Å². The van der Waals surface area contributed by atoms with Crippen molar-refractivity contribution in [1.29, 1.82) is 0 Å². The lowest BCUT2D eigenvalue weighted by Gasteiger charge is -2.17. The zero-order valence-electron chi connectivity index (χ0n) is 10.2. The quantitative estimate of drug-likeness (QED) is 0.804. The van der Waals surface area contributed by atoms with Gasteiger partial charge in [0.2, 0.25) is 0 Å². The number of halogens is 1. The maximum absolute atomic E-state index is 12.1. The van der Waals surface area contributed by atoms with Crippen molar-refractivity contribution in [2.75, 3.05) is 13.7 Å². The minimum absolute atomic E-state index is 0.0227. The van der Waals surface area contributed by atoms with Crippen molar-refractivity contribution in [3.8, 4) is 0 Å². The van der Waals surface area contributed by atoms with Crippen LogP contribution in [-0.2, 0) is 4.74 Å². The Labute approximate surface area is 116 Å². The number of hydrogen-bond acceptors (Lipinski definition) is 2. The summed E-state index contributed by atoms with van der Waals surface area (Å²) >= 11 is 2.17. The number of carbonyl (C=O) groups excluding carboxylic acids is 1. The van der Waals surface area contributed by atoms with Crippen molar-refractivity contribution < 1.29 is 9.53 Å². The first kappa shape index (κ1) is 14.4. The third-order valence-electron chi connectivity index (χ3n) is 2.46. The largest absolute Gasteiger partial charge is 0.383 e. The summed E-state index contributed by atoms with van der Waals surface area (Å²) < 4.78 is 6.07. The van der Waals surface area contributed by atoms with Gasteiger partial charge < -0.3 is 10.1 Å². The Morgan fingerprint density at radius 2 is 2.18 bits per heavy atom. The summed E-state index contributed by atoms with van der Waals surface area (Å²) in [5.74, 6) is -0.0227. The molecule has 1 atom stereocenters. The molecule has 0 spiro atoms. The van der Waals surface area contributed by atoms with Crippen LogP contribution in [0, 0.1) is 3.57 Å². The average Bonchev–Trinajstić information content (AvgIpc) is 2.30. The fourth-order valence-electron chi connectivity index (χ4n) is 1.66. The Balaban J connectivity index is 2.67. The Kier molecular flexibility index (Phi) is 6.50. The summed E-state index contributed by atoms with van der Waals surface area (Å²) in [6.07, 6.45) is 1.96. The van der Waals surface area contributed by atoms with Gasteiger partial charge in [-0.1, -0.05) is 25.5 Å². The molecule has 0 heterocycles. The molecule has 0 bridgehead atoms. The molecule has 0 radical (unpaired) electrons. The van der Waals surface area contributed by atoms with Gasteiger partial charge in [-0.05, 0) is 41.1 Å². The summed E-state index contributed by atoms with van der Waals surface area (Å²) in [4.78, 5) is 12.1. The number of hydrogen-bond donors (Lipinski definition) is 1. The van der Waals surface area contributed by atoms with Crippen LogP contribution < -0.4 is 5.32 Å². The Bertz CT molecular complexity index is 362. The third-order valence-corrected chi connectivity index (χ3v) is 3.40. The van der Waals surface area contributed by atoms with Crippen molar-refractivity contribution in [3.63, 3.8) is 0 Å². The predicted octanol–water partition coefficient (Wildman–Crippen LogP) is 2.84. The first-order chi connectivity index (χ1) is 8.19. The van der Waals surface area contributed by atoms with E-state index in [0.29, 0.717) is 6.61 Å². The average molecular weight is 347 g/mol. The lowest BCUT2D eigenvalue weighted by Crippen LogP contribution is -2.38. The topological polar surface area (TPSA) is 38.3 Å². The minimum Gasteiger partial charge on any atom is -0.383 e. The maximum atomic E-state index is 12.1. The van der Waals surface area contributed by atoms with Crippen molar-refractivity contribution >= 4 is 28.5 Å². The molecule has 1 N–H and O–H groups in total. The van der Waals surface area contributed by atoms with Crippen molar-refractivity contribution in [3.05, 3.63) is 33.4 Å². The van der Waals surface area contributed by atoms with E-state index in [4.69, 9.17) is 4.74 Å². The van der Waals surface area contributed by atoms with Gasteiger partial charge in [0.1, 0.15) is 0 Å². The van der Waals surface area contributed by atoms with Gasteiger partial charge in [-0.25, -0.2) is 0 Å². The van der Waals surface area contributed by atoms with E-state index in [-0.39, 0.29) is 11.9 Å². The molecule has 0 saturated heterocycles. The van der Waals surface area contributed by atoms with Crippen LogP contribution in [0.4, 0.5) is 0 Å². The number of amides is 1. The molecule has 0 saturated carbocycles. The summed E-state index contributed by atoms with van der Waals surface area (Å²) in [7, 11) is 1.65. The van der Waals surface area contributed by atoms with Crippen molar-refractivity contribution in [2.24, 2.45) is 0 Å². The van der Waals surface area contributed by atoms with E-state index in [1.54, 1.807) is 7.11 Å². The second kappa shape index (κ2) is 7.66. The molecule has 0 fully saturated rings. The summed E-state index contributed by atoms with van der Waals surface area (Å²) in [5, 5.41) is 3.01. The lowest BCUT2D eigenvalue weighted by molar-refractivity contribution is 0.0890. The molecule has 1 aromatic carbocycles. The number of carbonyl (C=O) groups is 1. The van der Waals surface area contributed by atoms with Gasteiger partial charge in [-0.3, -0.25) is 4.79 Å². The molecule has 1 amide bonds. The monoisotopic (exact) mass is 347 g/mol. The standard InChI is InChI=1S/C13H18INO2/c1-3-6-10(9-17-2)15-13(16)11-7-4-5-8-12(11)14/h4-5,7-8,10H,3,6,9H2,1-2H3,(H,15,16). The highest BCUT2D eigenvalue weighted by Crippen LogP contribution is 2.11. The minimum atomic E-state index is -0.0227. The van der Waals surface area contributed by atoms with E-state index in [2.05, 4.69) is 34.8 Å². The van der Waals surface area contributed by atoms with Crippen molar-refractivity contribution in [2.45, 2.75) is 25.8 Å². The van der Waals surface area contributed by atoms with Crippen LogP contribution >= 0.6 is 22.6 Å². The zero-order chi connectivity index (χ0) is 12.7. The van der Waals surface area contributed by atoms with Crippen LogP contribution in [0.15, 0.2) is 24.3 Å². The van der Waals surface area contributed by atoms with Gasteiger partial charge in [0.25, 0.3) is 5.91 Å². The van der Waals surface area contributed by atoms with Crippen LogP contribution in [0.3, 0.4) is 0 Å². The highest BCUT2D eigenvalue weighted by atomic mass is 127. The summed E-state index contributed by atoms with van der Waals surface area (Å²) in [6, 6.07) is 7.67. The van der Waals surface area contributed by atoms with Gasteiger partial charge in [0.15, 0.2) is 0 Å². The van der Waals surface area contributed by atoms with E-state index >= 15 is 0 Å². The van der Waals surface area contributed by atoms with Gasteiger partial charge in [0.05, 0.1) is 18.2 Å². The molecule has 1 rings (SSSR count). The third kappa shape index (κ3) is 4.63. The van der Waals surface area contributed by atoms with Crippen molar-refractivity contribution in [1.82, 2.24) is 5.32 Å². The van der Waals surface area contributed by atoms with Gasteiger partial charge in [-0.2, -0.15) is 0 Å². The first-order valence-corrected chi connectivity index (χ1v) is 6.81. The lowest BCUT2D eigenvalue weighted by atomic mass is 10.1. The first-order valence-electron chi connectivity index (χ1n) is 5.73. The van der Waals surface area contributed by atoms with Crippen LogP contribution in [-0.4, -0.2) is 25.7 Å². The molecule has 94 valence electrons.